The highest BCUT2D eigenvalue weighted by Crippen LogP contribution is 2.13. The number of esters is 2. The molecule has 0 saturated carbocycles. The van der Waals surface area contributed by atoms with Crippen molar-refractivity contribution in [1.82, 2.24) is 0 Å². The largest absolute Gasteiger partial charge is 0.478 e. The average Bonchev–Trinajstić information content (AvgIpc) is 2.57. The van der Waals surface area contributed by atoms with Crippen LogP contribution in [0.25, 0.3) is 0 Å². The highest BCUT2D eigenvalue weighted by Gasteiger charge is 2.22. The van der Waals surface area contributed by atoms with Gasteiger partial charge in [0.05, 0.1) is 17.2 Å². The predicted molar refractivity (Wildman–Crippen MR) is 89.5 cm³/mol. The van der Waals surface area contributed by atoms with Crippen LogP contribution in [-0.2, 0) is 14.3 Å². The fourth-order valence-corrected chi connectivity index (χ4v) is 2.00. The summed E-state index contributed by atoms with van der Waals surface area (Å²) in [6.07, 6.45) is -1.67. The summed E-state index contributed by atoms with van der Waals surface area (Å²) < 4.78 is 10.2. The Balaban J connectivity index is 2.81. The van der Waals surface area contributed by atoms with Crippen molar-refractivity contribution in [3.63, 3.8) is 0 Å². The zero-order valence-electron chi connectivity index (χ0n) is 13.8. The molecule has 2 N–H and O–H groups in total. The van der Waals surface area contributed by atoms with Gasteiger partial charge in [0.1, 0.15) is 12.7 Å². The standard InChI is InChI=1S/C17H19ClO7/c1-10(8-18)16(22)25-12(7-11(2)19)9-24-17(23)14-6-4-3-5-13(14)15(20)21/h3-6,8,11-12,19H,7,9H2,1-2H3,(H,20,21). The number of aliphatic hydroxyl groups excluding tert-OH is 1. The van der Waals surface area contributed by atoms with Crippen LogP contribution >= 0.6 is 11.6 Å². The van der Waals surface area contributed by atoms with E-state index in [9.17, 15) is 19.5 Å². The molecule has 0 aliphatic heterocycles. The molecule has 0 aliphatic carbocycles. The Morgan fingerprint density at radius 1 is 1.24 bits per heavy atom. The molecule has 136 valence electrons. The maximum absolute atomic E-state index is 12.1. The number of carboxylic acids is 1. The Hall–Kier alpha value is -2.38. The van der Waals surface area contributed by atoms with E-state index in [0.29, 0.717) is 0 Å². The smallest absolute Gasteiger partial charge is 0.339 e. The number of benzene rings is 1. The number of carboxylic acid groups (broad SMARTS) is 1. The molecule has 0 bridgehead atoms. The molecule has 8 heteroatoms. The lowest BCUT2D eigenvalue weighted by molar-refractivity contribution is -0.147. The van der Waals surface area contributed by atoms with E-state index in [4.69, 9.17) is 26.2 Å². The summed E-state index contributed by atoms with van der Waals surface area (Å²) >= 11 is 5.44. The van der Waals surface area contributed by atoms with Crippen LogP contribution in [-0.4, -0.2) is 46.9 Å². The van der Waals surface area contributed by atoms with Crippen LogP contribution in [0.4, 0.5) is 0 Å². The highest BCUT2D eigenvalue weighted by molar-refractivity contribution is 6.27. The van der Waals surface area contributed by atoms with Crippen molar-refractivity contribution in [3.05, 3.63) is 46.5 Å². The molecule has 1 rings (SSSR count). The second kappa shape index (κ2) is 9.80. The third kappa shape index (κ3) is 6.56. The van der Waals surface area contributed by atoms with Crippen LogP contribution in [0, 0.1) is 0 Å². The van der Waals surface area contributed by atoms with Gasteiger partial charge in [-0.2, -0.15) is 0 Å². The Labute approximate surface area is 149 Å². The minimum absolute atomic E-state index is 0.0369. The van der Waals surface area contributed by atoms with Crippen LogP contribution in [0.15, 0.2) is 35.4 Å². The first kappa shape index (κ1) is 20.7. The first-order chi connectivity index (χ1) is 11.8. The van der Waals surface area contributed by atoms with Gasteiger partial charge in [0, 0.05) is 17.5 Å². The molecule has 2 atom stereocenters. The molecular formula is C17H19ClO7. The fourth-order valence-electron chi connectivity index (χ4n) is 1.91. The number of rotatable bonds is 8. The van der Waals surface area contributed by atoms with E-state index >= 15 is 0 Å². The van der Waals surface area contributed by atoms with Crippen LogP contribution in [0.1, 0.15) is 41.0 Å². The molecule has 0 saturated heterocycles. The molecule has 0 fully saturated rings. The Kier molecular flexibility index (Phi) is 8.10. The number of hydrogen-bond donors (Lipinski definition) is 2. The van der Waals surface area contributed by atoms with Crippen molar-refractivity contribution < 1.29 is 34.1 Å². The molecule has 0 amide bonds. The molecule has 1 aromatic rings. The van der Waals surface area contributed by atoms with Gasteiger partial charge in [-0.05, 0) is 26.0 Å². The van der Waals surface area contributed by atoms with Crippen molar-refractivity contribution in [2.24, 2.45) is 0 Å². The molecule has 0 heterocycles. The lowest BCUT2D eigenvalue weighted by Gasteiger charge is -2.19. The minimum atomic E-state index is -1.26. The SMILES string of the molecule is CC(=CCl)C(=O)OC(COC(=O)c1ccccc1C(=O)O)CC(C)O. The average molecular weight is 371 g/mol. The zero-order chi connectivity index (χ0) is 19.0. The third-order valence-electron chi connectivity index (χ3n) is 3.14. The van der Waals surface area contributed by atoms with E-state index in [0.717, 1.165) is 5.54 Å². The quantitative estimate of drug-likeness (QED) is 0.533. The fraction of sp³-hybridized carbons (Fsp3) is 0.353. The van der Waals surface area contributed by atoms with Gasteiger partial charge >= 0.3 is 17.9 Å². The molecule has 25 heavy (non-hydrogen) atoms. The number of aromatic carboxylic acids is 1. The summed E-state index contributed by atoms with van der Waals surface area (Å²) in [7, 11) is 0. The van der Waals surface area contributed by atoms with E-state index in [-0.39, 0.29) is 29.7 Å². The first-order valence-electron chi connectivity index (χ1n) is 7.41. The molecule has 1 aromatic carbocycles. The third-order valence-corrected chi connectivity index (χ3v) is 3.47. The van der Waals surface area contributed by atoms with Gasteiger partial charge in [0.25, 0.3) is 0 Å². The van der Waals surface area contributed by atoms with Crippen molar-refractivity contribution in [3.8, 4) is 0 Å². The summed E-state index contributed by atoms with van der Waals surface area (Å²) in [6.45, 7) is 2.61. The molecule has 0 aliphatic rings. The summed E-state index contributed by atoms with van der Waals surface area (Å²) in [5, 5.41) is 18.6. The number of halogens is 1. The summed E-state index contributed by atoms with van der Waals surface area (Å²) in [5.41, 5.74) is 0.892. The van der Waals surface area contributed by atoms with Gasteiger partial charge in [-0.3, -0.25) is 0 Å². The second-order valence-electron chi connectivity index (χ2n) is 5.35. The van der Waals surface area contributed by atoms with E-state index < -0.39 is 30.1 Å². The van der Waals surface area contributed by atoms with Gasteiger partial charge < -0.3 is 19.7 Å². The number of carbonyl (C=O) groups is 3. The molecule has 7 nitrogen and oxygen atoms in total. The van der Waals surface area contributed by atoms with E-state index in [1.54, 1.807) is 0 Å². The van der Waals surface area contributed by atoms with Crippen LogP contribution < -0.4 is 0 Å². The lowest BCUT2D eigenvalue weighted by Crippen LogP contribution is -2.29. The van der Waals surface area contributed by atoms with Gasteiger partial charge in [-0.15, -0.1) is 0 Å². The lowest BCUT2D eigenvalue weighted by atomic mass is 10.1. The summed E-state index contributed by atoms with van der Waals surface area (Å²) in [4.78, 5) is 35.0. The van der Waals surface area contributed by atoms with Crippen molar-refractivity contribution in [1.29, 1.82) is 0 Å². The molecular weight excluding hydrogens is 352 g/mol. The molecule has 0 aromatic heterocycles. The second-order valence-corrected chi connectivity index (χ2v) is 5.57. The predicted octanol–water partition coefficient (Wildman–Crippen LogP) is 2.37. The van der Waals surface area contributed by atoms with Crippen molar-refractivity contribution in [2.75, 3.05) is 6.61 Å². The van der Waals surface area contributed by atoms with Crippen molar-refractivity contribution >= 4 is 29.5 Å². The molecule has 0 radical (unpaired) electrons. The number of aliphatic hydroxyl groups is 1. The minimum Gasteiger partial charge on any atom is -0.478 e. The maximum atomic E-state index is 12.1. The topological polar surface area (TPSA) is 110 Å². The van der Waals surface area contributed by atoms with E-state index in [1.807, 2.05) is 0 Å². The number of carbonyl (C=O) groups excluding carboxylic acids is 2. The van der Waals surface area contributed by atoms with Crippen molar-refractivity contribution in [2.45, 2.75) is 32.5 Å². The number of hydrogen-bond acceptors (Lipinski definition) is 6. The van der Waals surface area contributed by atoms with E-state index in [1.165, 1.54) is 38.1 Å². The highest BCUT2D eigenvalue weighted by atomic mass is 35.5. The Morgan fingerprint density at radius 3 is 2.36 bits per heavy atom. The monoisotopic (exact) mass is 370 g/mol. The normalized spacial score (nSPS) is 13.7. The molecule has 0 spiro atoms. The van der Waals surface area contributed by atoms with Gasteiger partial charge in [-0.25, -0.2) is 14.4 Å². The maximum Gasteiger partial charge on any atom is 0.339 e. The molecule has 2 unspecified atom stereocenters. The van der Waals surface area contributed by atoms with E-state index in [2.05, 4.69) is 0 Å². The zero-order valence-corrected chi connectivity index (χ0v) is 14.5. The van der Waals surface area contributed by atoms with Crippen LogP contribution in [0.2, 0.25) is 0 Å². The van der Waals surface area contributed by atoms with Crippen LogP contribution in [0.3, 0.4) is 0 Å². The van der Waals surface area contributed by atoms with Gasteiger partial charge in [0.2, 0.25) is 0 Å². The summed E-state index contributed by atoms with van der Waals surface area (Å²) in [5.74, 6) is -2.83. The Bertz CT molecular complexity index is 667. The van der Waals surface area contributed by atoms with Gasteiger partial charge in [-0.1, -0.05) is 23.7 Å². The number of ether oxygens (including phenoxy) is 2. The van der Waals surface area contributed by atoms with Crippen LogP contribution in [0.5, 0.6) is 0 Å². The first-order valence-corrected chi connectivity index (χ1v) is 7.85. The Morgan fingerprint density at radius 2 is 1.84 bits per heavy atom. The summed E-state index contributed by atoms with van der Waals surface area (Å²) in [6, 6.07) is 5.59. The van der Waals surface area contributed by atoms with Gasteiger partial charge in [0.15, 0.2) is 0 Å².